The van der Waals surface area contributed by atoms with Gasteiger partial charge in [-0.3, -0.25) is 4.79 Å². The van der Waals surface area contributed by atoms with Crippen molar-refractivity contribution in [3.8, 4) is 0 Å². The Morgan fingerprint density at radius 1 is 1.29 bits per heavy atom. The van der Waals surface area contributed by atoms with Crippen LogP contribution < -0.4 is 10.6 Å². The van der Waals surface area contributed by atoms with Gasteiger partial charge in [0, 0.05) is 11.5 Å². The maximum absolute atomic E-state index is 11.4. The van der Waals surface area contributed by atoms with E-state index in [9.17, 15) is 9.59 Å². The first-order chi connectivity index (χ1) is 6.39. The molecule has 4 nitrogen and oxygen atoms in total. The van der Waals surface area contributed by atoms with E-state index in [4.69, 9.17) is 0 Å². The molecule has 1 aliphatic rings. The van der Waals surface area contributed by atoms with E-state index in [1.54, 1.807) is 0 Å². The molecule has 1 saturated carbocycles. The van der Waals surface area contributed by atoms with Gasteiger partial charge in [0.2, 0.25) is 0 Å². The van der Waals surface area contributed by atoms with Crippen molar-refractivity contribution in [2.24, 2.45) is 5.41 Å². The van der Waals surface area contributed by atoms with Gasteiger partial charge in [0.25, 0.3) is 0 Å². The lowest BCUT2D eigenvalue weighted by atomic mass is 9.91. The second kappa shape index (κ2) is 3.98. The Hall–Kier alpha value is -1.06. The fourth-order valence-corrected chi connectivity index (χ4v) is 0.890. The Bertz CT molecular complexity index is 239. The topological polar surface area (TPSA) is 58.2 Å². The number of carbonyl (C=O) groups excluding carboxylic acids is 2. The van der Waals surface area contributed by atoms with Gasteiger partial charge in [0.15, 0.2) is 5.78 Å². The minimum absolute atomic E-state index is 0.0449. The molecule has 80 valence electrons. The summed E-state index contributed by atoms with van der Waals surface area (Å²) in [7, 11) is 0. The second-order valence-corrected chi connectivity index (χ2v) is 4.77. The number of urea groups is 1. The minimum atomic E-state index is -0.382. The van der Waals surface area contributed by atoms with Crippen LogP contribution in [-0.4, -0.2) is 24.4 Å². The highest BCUT2D eigenvalue weighted by atomic mass is 16.2. The maximum atomic E-state index is 11.4. The second-order valence-electron chi connectivity index (χ2n) is 4.77. The molecule has 1 aliphatic carbocycles. The first-order valence-corrected chi connectivity index (χ1v) is 4.97. The van der Waals surface area contributed by atoms with Crippen molar-refractivity contribution in [3.05, 3.63) is 0 Å². The van der Waals surface area contributed by atoms with E-state index in [1.807, 2.05) is 20.8 Å². The predicted molar refractivity (Wildman–Crippen MR) is 54.0 cm³/mol. The zero-order valence-electron chi connectivity index (χ0n) is 9.02. The fraction of sp³-hybridized carbons (Fsp3) is 0.800. The molecule has 4 heteroatoms. The summed E-state index contributed by atoms with van der Waals surface area (Å²) in [5, 5.41) is 5.32. The van der Waals surface area contributed by atoms with Crippen LogP contribution in [0, 0.1) is 5.41 Å². The van der Waals surface area contributed by atoms with E-state index in [-0.39, 0.29) is 23.8 Å². The molecule has 0 aliphatic heterocycles. The lowest BCUT2D eigenvalue weighted by molar-refractivity contribution is -0.125. The van der Waals surface area contributed by atoms with Crippen LogP contribution in [0.5, 0.6) is 0 Å². The Kier molecular flexibility index (Phi) is 3.13. The summed E-state index contributed by atoms with van der Waals surface area (Å²) in [5.41, 5.74) is -0.382. The average Bonchev–Trinajstić information content (AvgIpc) is 2.82. The molecular formula is C10H18N2O2. The predicted octanol–water partition coefficient (Wildman–Crippen LogP) is 1.06. The molecule has 1 rings (SSSR count). The fourth-order valence-electron chi connectivity index (χ4n) is 0.890. The number of carbonyl (C=O) groups is 2. The normalized spacial score (nSPS) is 16.2. The molecule has 0 unspecified atom stereocenters. The number of ketones is 1. The van der Waals surface area contributed by atoms with E-state index in [2.05, 4.69) is 10.6 Å². The van der Waals surface area contributed by atoms with Crippen molar-refractivity contribution in [1.82, 2.24) is 10.6 Å². The van der Waals surface area contributed by atoms with E-state index in [1.165, 1.54) is 0 Å². The van der Waals surface area contributed by atoms with Gasteiger partial charge in [0.1, 0.15) is 0 Å². The summed E-state index contributed by atoms with van der Waals surface area (Å²) in [6.07, 6.45) is 2.11. The van der Waals surface area contributed by atoms with Crippen LogP contribution in [0.3, 0.4) is 0 Å². The van der Waals surface area contributed by atoms with Crippen molar-refractivity contribution < 1.29 is 9.59 Å². The first-order valence-electron chi connectivity index (χ1n) is 4.97. The number of amides is 2. The third kappa shape index (κ3) is 3.77. The molecule has 0 spiro atoms. The number of hydrogen-bond donors (Lipinski definition) is 2. The Morgan fingerprint density at radius 2 is 1.86 bits per heavy atom. The first kappa shape index (κ1) is 11.0. The largest absolute Gasteiger partial charge is 0.335 e. The van der Waals surface area contributed by atoms with Crippen LogP contribution in [0.4, 0.5) is 4.79 Å². The third-order valence-corrected chi connectivity index (χ3v) is 2.16. The van der Waals surface area contributed by atoms with E-state index < -0.39 is 0 Å². The molecule has 0 radical (unpaired) electrons. The van der Waals surface area contributed by atoms with Crippen molar-refractivity contribution >= 4 is 11.8 Å². The molecular weight excluding hydrogens is 180 g/mol. The van der Waals surface area contributed by atoms with Crippen LogP contribution in [0.15, 0.2) is 0 Å². The number of nitrogens with one attached hydrogen (secondary N) is 2. The highest BCUT2D eigenvalue weighted by molar-refractivity contribution is 5.89. The number of hydrogen-bond acceptors (Lipinski definition) is 2. The van der Waals surface area contributed by atoms with Gasteiger partial charge in [-0.15, -0.1) is 0 Å². The molecule has 0 aromatic rings. The molecule has 0 aromatic heterocycles. The minimum Gasteiger partial charge on any atom is -0.335 e. The maximum Gasteiger partial charge on any atom is 0.315 e. The molecule has 0 saturated heterocycles. The molecule has 1 fully saturated rings. The van der Waals surface area contributed by atoms with Crippen molar-refractivity contribution in [3.63, 3.8) is 0 Å². The Morgan fingerprint density at radius 3 is 2.29 bits per heavy atom. The molecule has 2 amide bonds. The zero-order chi connectivity index (χ0) is 10.8. The van der Waals surface area contributed by atoms with E-state index >= 15 is 0 Å². The standard InChI is InChI=1S/C10H18N2O2/c1-10(2,3)8(13)6-11-9(14)12-7-4-5-7/h7H,4-6H2,1-3H3,(H2,11,12,14). The van der Waals surface area contributed by atoms with Crippen LogP contribution in [-0.2, 0) is 4.79 Å². The average molecular weight is 198 g/mol. The van der Waals surface area contributed by atoms with Crippen molar-refractivity contribution in [1.29, 1.82) is 0 Å². The monoisotopic (exact) mass is 198 g/mol. The summed E-state index contributed by atoms with van der Waals surface area (Å²) >= 11 is 0. The lowest BCUT2D eigenvalue weighted by Gasteiger charge is -2.16. The third-order valence-electron chi connectivity index (χ3n) is 2.16. The van der Waals surface area contributed by atoms with E-state index in [0.29, 0.717) is 6.04 Å². The summed E-state index contributed by atoms with van der Waals surface area (Å²) in [6, 6.07) is 0.102. The smallest absolute Gasteiger partial charge is 0.315 e. The number of rotatable bonds is 3. The summed E-state index contributed by atoms with van der Waals surface area (Å²) in [5.74, 6) is 0.0449. The van der Waals surface area contributed by atoms with Gasteiger partial charge in [-0.25, -0.2) is 4.79 Å². The van der Waals surface area contributed by atoms with Gasteiger partial charge in [-0.05, 0) is 12.8 Å². The van der Waals surface area contributed by atoms with E-state index in [0.717, 1.165) is 12.8 Å². The van der Waals surface area contributed by atoms with Gasteiger partial charge >= 0.3 is 6.03 Å². The summed E-state index contributed by atoms with van der Waals surface area (Å²) in [4.78, 5) is 22.6. The van der Waals surface area contributed by atoms with Crippen LogP contribution in [0.2, 0.25) is 0 Å². The molecule has 14 heavy (non-hydrogen) atoms. The molecule has 0 bridgehead atoms. The zero-order valence-corrected chi connectivity index (χ0v) is 9.02. The number of Topliss-reactive ketones (excluding diaryl/α,β-unsaturated/α-hetero) is 1. The molecule has 2 N–H and O–H groups in total. The highest BCUT2D eigenvalue weighted by Crippen LogP contribution is 2.18. The molecule has 0 heterocycles. The SMILES string of the molecule is CC(C)(C)C(=O)CNC(=O)NC1CC1. The van der Waals surface area contributed by atoms with Gasteiger partial charge < -0.3 is 10.6 Å². The molecule has 0 atom stereocenters. The summed E-state index contributed by atoms with van der Waals surface area (Å²) in [6.45, 7) is 5.64. The lowest BCUT2D eigenvalue weighted by Crippen LogP contribution is -2.42. The molecule has 0 aromatic carbocycles. The quantitative estimate of drug-likeness (QED) is 0.712. The van der Waals surface area contributed by atoms with Crippen molar-refractivity contribution in [2.75, 3.05) is 6.54 Å². The van der Waals surface area contributed by atoms with Gasteiger partial charge in [0.05, 0.1) is 6.54 Å². The Labute approximate surface area is 84.4 Å². The van der Waals surface area contributed by atoms with Crippen LogP contribution in [0.25, 0.3) is 0 Å². The van der Waals surface area contributed by atoms with Crippen molar-refractivity contribution in [2.45, 2.75) is 39.7 Å². The highest BCUT2D eigenvalue weighted by Gasteiger charge is 2.25. The van der Waals surface area contributed by atoms with Gasteiger partial charge in [-0.1, -0.05) is 20.8 Å². The Balaban J connectivity index is 2.18. The van der Waals surface area contributed by atoms with Gasteiger partial charge in [-0.2, -0.15) is 0 Å². The van der Waals surface area contributed by atoms with Crippen LogP contribution >= 0.6 is 0 Å². The van der Waals surface area contributed by atoms with Crippen LogP contribution in [0.1, 0.15) is 33.6 Å². The summed E-state index contributed by atoms with van der Waals surface area (Å²) < 4.78 is 0.